The summed E-state index contributed by atoms with van der Waals surface area (Å²) < 4.78 is 0. The van der Waals surface area contributed by atoms with Gasteiger partial charge < -0.3 is 16.1 Å². The summed E-state index contributed by atoms with van der Waals surface area (Å²) in [6, 6.07) is 5.20. The van der Waals surface area contributed by atoms with Crippen molar-refractivity contribution in [3.05, 3.63) is 28.8 Å². The van der Waals surface area contributed by atoms with Crippen LogP contribution in [0.5, 0.6) is 0 Å². The second-order valence-corrected chi connectivity index (χ2v) is 4.08. The summed E-state index contributed by atoms with van der Waals surface area (Å²) in [5, 5.41) is 17.7. The first-order valence-electron chi connectivity index (χ1n) is 4.80. The van der Waals surface area contributed by atoms with E-state index in [1.54, 1.807) is 18.2 Å². The Hall–Kier alpha value is -1.68. The maximum Gasteiger partial charge on any atom is 0.232 e. The number of carbonyl (C=O) groups is 1. The zero-order valence-corrected chi connectivity index (χ0v) is 9.14. The maximum absolute atomic E-state index is 11.7. The van der Waals surface area contributed by atoms with Gasteiger partial charge in [-0.2, -0.15) is 0 Å². The molecule has 0 saturated heterocycles. The van der Waals surface area contributed by atoms with Crippen LogP contribution in [0.15, 0.2) is 18.2 Å². The largest absolute Gasteiger partial charge is 0.325 e. The summed E-state index contributed by atoms with van der Waals surface area (Å²) in [5.41, 5.74) is 1.69. The first kappa shape index (κ1) is 10.8. The highest BCUT2D eigenvalue weighted by molar-refractivity contribution is 6.31. The van der Waals surface area contributed by atoms with Gasteiger partial charge >= 0.3 is 0 Å². The smallest absolute Gasteiger partial charge is 0.232 e. The first-order valence-corrected chi connectivity index (χ1v) is 5.18. The summed E-state index contributed by atoms with van der Waals surface area (Å²) in [6.45, 7) is 0. The van der Waals surface area contributed by atoms with Crippen LogP contribution in [-0.2, 0) is 4.79 Å². The molecule has 0 aliphatic carbocycles. The zero-order valence-electron chi connectivity index (χ0n) is 8.38. The van der Waals surface area contributed by atoms with Crippen molar-refractivity contribution in [1.82, 2.24) is 0 Å². The fraction of sp³-hybridized carbons (Fsp3) is 0.182. The Bertz CT molecular complexity index is 484. The number of amides is 1. The van der Waals surface area contributed by atoms with Crippen molar-refractivity contribution < 1.29 is 4.79 Å². The standard InChI is InChI=1S/C11H10ClN3O/c12-6-1-2-10-8(3-6)9(11(16)15-10)4-7(14)5-13/h1-3,5,9,13-14H,4H2,(H,15,16). The van der Waals surface area contributed by atoms with Crippen molar-refractivity contribution in [3.63, 3.8) is 0 Å². The molecule has 1 heterocycles. The van der Waals surface area contributed by atoms with Crippen molar-refractivity contribution >= 4 is 35.1 Å². The fourth-order valence-corrected chi connectivity index (χ4v) is 1.96. The normalized spacial score (nSPS) is 17.8. The van der Waals surface area contributed by atoms with Gasteiger partial charge in [0.25, 0.3) is 0 Å². The van der Waals surface area contributed by atoms with Crippen LogP contribution < -0.4 is 5.32 Å². The Kier molecular flexibility index (Phi) is 2.75. The van der Waals surface area contributed by atoms with Gasteiger partial charge in [-0.25, -0.2) is 0 Å². The topological polar surface area (TPSA) is 76.8 Å². The van der Waals surface area contributed by atoms with E-state index in [0.29, 0.717) is 5.02 Å². The highest BCUT2D eigenvalue weighted by Gasteiger charge is 2.30. The second kappa shape index (κ2) is 4.06. The number of benzene rings is 1. The van der Waals surface area contributed by atoms with Gasteiger partial charge in [0.05, 0.1) is 11.6 Å². The molecule has 1 unspecified atom stereocenters. The van der Waals surface area contributed by atoms with Crippen LogP contribution in [0.4, 0.5) is 5.69 Å². The highest BCUT2D eigenvalue weighted by Crippen LogP contribution is 2.36. The van der Waals surface area contributed by atoms with E-state index in [4.69, 9.17) is 22.4 Å². The number of anilines is 1. The molecule has 0 spiro atoms. The van der Waals surface area contributed by atoms with Crippen molar-refractivity contribution in [3.8, 4) is 0 Å². The van der Waals surface area contributed by atoms with Crippen molar-refractivity contribution in [2.75, 3.05) is 5.32 Å². The van der Waals surface area contributed by atoms with E-state index >= 15 is 0 Å². The van der Waals surface area contributed by atoms with Crippen LogP contribution in [0.1, 0.15) is 17.9 Å². The molecule has 0 saturated carbocycles. The van der Waals surface area contributed by atoms with E-state index in [2.05, 4.69) is 5.32 Å². The van der Waals surface area contributed by atoms with E-state index in [0.717, 1.165) is 17.5 Å². The molecular formula is C11H10ClN3O. The average Bonchev–Trinajstić information content (AvgIpc) is 2.55. The molecule has 1 aromatic rings. The van der Waals surface area contributed by atoms with Gasteiger partial charge in [-0.05, 0) is 23.8 Å². The molecule has 1 aliphatic heterocycles. The molecule has 1 atom stereocenters. The lowest BCUT2D eigenvalue weighted by Gasteiger charge is -2.07. The van der Waals surface area contributed by atoms with Crippen LogP contribution in [0.25, 0.3) is 0 Å². The molecule has 2 rings (SSSR count). The van der Waals surface area contributed by atoms with Crippen LogP contribution in [0, 0.1) is 10.8 Å². The Morgan fingerprint density at radius 2 is 2.31 bits per heavy atom. The van der Waals surface area contributed by atoms with Crippen LogP contribution in [0.2, 0.25) is 5.02 Å². The minimum absolute atomic E-state index is 0.132. The van der Waals surface area contributed by atoms with E-state index in [1.807, 2.05) is 0 Å². The van der Waals surface area contributed by atoms with Gasteiger partial charge in [0.1, 0.15) is 0 Å². The molecule has 1 aromatic carbocycles. The average molecular weight is 236 g/mol. The molecule has 0 fully saturated rings. The SMILES string of the molecule is N=CC(=N)CC1C(=O)Nc2ccc(Cl)cc21. The van der Waals surface area contributed by atoms with Crippen molar-refractivity contribution in [1.29, 1.82) is 10.8 Å². The fourth-order valence-electron chi connectivity index (χ4n) is 1.78. The molecule has 0 bridgehead atoms. The van der Waals surface area contributed by atoms with Gasteiger partial charge in [0.15, 0.2) is 0 Å². The third-order valence-electron chi connectivity index (χ3n) is 2.56. The van der Waals surface area contributed by atoms with Crippen LogP contribution in [-0.4, -0.2) is 17.8 Å². The highest BCUT2D eigenvalue weighted by atomic mass is 35.5. The molecule has 16 heavy (non-hydrogen) atoms. The monoisotopic (exact) mass is 235 g/mol. The van der Waals surface area contributed by atoms with Gasteiger partial charge in [-0.1, -0.05) is 11.6 Å². The quantitative estimate of drug-likeness (QED) is 0.692. The van der Waals surface area contributed by atoms with Crippen LogP contribution >= 0.6 is 11.6 Å². The number of nitrogens with one attached hydrogen (secondary N) is 3. The molecule has 3 N–H and O–H groups in total. The summed E-state index contributed by atoms with van der Waals surface area (Å²) in [6.07, 6.45) is 1.19. The van der Waals surface area contributed by atoms with Crippen LogP contribution in [0.3, 0.4) is 0 Å². The lowest BCUT2D eigenvalue weighted by molar-refractivity contribution is -0.116. The molecule has 82 valence electrons. The van der Waals surface area contributed by atoms with E-state index in [9.17, 15) is 4.79 Å². The van der Waals surface area contributed by atoms with E-state index in [1.165, 1.54) is 0 Å². The summed E-state index contributed by atoms with van der Waals surface area (Å²) in [4.78, 5) is 11.7. The third-order valence-corrected chi connectivity index (χ3v) is 2.80. The molecule has 4 nitrogen and oxygen atoms in total. The van der Waals surface area contributed by atoms with Crippen molar-refractivity contribution in [2.24, 2.45) is 0 Å². The molecule has 0 aromatic heterocycles. The number of hydrogen-bond acceptors (Lipinski definition) is 3. The Morgan fingerprint density at radius 1 is 1.56 bits per heavy atom. The molecule has 0 radical (unpaired) electrons. The first-order chi connectivity index (χ1) is 7.61. The lowest BCUT2D eigenvalue weighted by Crippen LogP contribution is -2.15. The zero-order chi connectivity index (χ0) is 11.7. The number of carbonyl (C=O) groups excluding carboxylic acids is 1. The number of fused-ring (bicyclic) bond motifs is 1. The number of halogens is 1. The van der Waals surface area contributed by atoms with E-state index in [-0.39, 0.29) is 18.0 Å². The van der Waals surface area contributed by atoms with Crippen molar-refractivity contribution in [2.45, 2.75) is 12.3 Å². The van der Waals surface area contributed by atoms with E-state index < -0.39 is 5.92 Å². The molecular weight excluding hydrogens is 226 g/mol. The van der Waals surface area contributed by atoms with Gasteiger partial charge in [-0.15, -0.1) is 0 Å². The molecule has 1 aliphatic rings. The van der Waals surface area contributed by atoms with Gasteiger partial charge in [0, 0.05) is 23.3 Å². The summed E-state index contributed by atoms with van der Waals surface area (Å²) in [7, 11) is 0. The predicted octanol–water partition coefficient (Wildman–Crippen LogP) is 2.44. The summed E-state index contributed by atoms with van der Waals surface area (Å²) in [5.74, 6) is -0.535. The molecule has 1 amide bonds. The number of rotatable bonds is 3. The third kappa shape index (κ3) is 1.84. The minimum atomic E-state index is -0.400. The molecule has 5 heteroatoms. The Morgan fingerprint density at radius 3 is 3.00 bits per heavy atom. The second-order valence-electron chi connectivity index (χ2n) is 3.65. The predicted molar refractivity (Wildman–Crippen MR) is 64.0 cm³/mol. The van der Waals surface area contributed by atoms with Gasteiger partial charge in [0.2, 0.25) is 5.91 Å². The maximum atomic E-state index is 11.7. The Labute approximate surface area is 97.6 Å². The lowest BCUT2D eigenvalue weighted by atomic mass is 9.95. The summed E-state index contributed by atoms with van der Waals surface area (Å²) >= 11 is 5.87. The Balaban J connectivity index is 2.34. The number of hydrogen-bond donors (Lipinski definition) is 3. The van der Waals surface area contributed by atoms with Gasteiger partial charge in [-0.3, -0.25) is 4.79 Å². The minimum Gasteiger partial charge on any atom is -0.325 e.